The molecule has 1 aliphatic rings. The molecule has 3 heteroatoms. The molecule has 1 unspecified atom stereocenters. The third-order valence-electron chi connectivity index (χ3n) is 4.49. The Morgan fingerprint density at radius 3 is 2.95 bits per heavy atom. The van der Waals surface area contributed by atoms with Gasteiger partial charge < -0.3 is 9.84 Å². The second kappa shape index (κ2) is 5.76. The highest BCUT2D eigenvalue weighted by Crippen LogP contribution is 2.42. The number of hydrogen-bond donors (Lipinski definition) is 1. The number of ether oxygens (including phenoxy) is 1. The van der Waals surface area contributed by atoms with Crippen molar-refractivity contribution >= 4 is 16.7 Å². The van der Waals surface area contributed by atoms with Crippen molar-refractivity contribution in [3.63, 3.8) is 0 Å². The quantitative estimate of drug-likeness (QED) is 0.897. The Morgan fingerprint density at radius 1 is 1.33 bits per heavy atom. The van der Waals surface area contributed by atoms with E-state index in [1.807, 2.05) is 6.07 Å². The number of carboxylic acid groups (broad SMARTS) is 1. The van der Waals surface area contributed by atoms with Crippen molar-refractivity contribution in [1.29, 1.82) is 0 Å². The van der Waals surface area contributed by atoms with Crippen molar-refractivity contribution < 1.29 is 14.6 Å². The van der Waals surface area contributed by atoms with Crippen molar-refractivity contribution in [2.45, 2.75) is 38.0 Å². The van der Waals surface area contributed by atoms with Crippen LogP contribution < -0.4 is 4.74 Å². The van der Waals surface area contributed by atoms with Gasteiger partial charge in [0.05, 0.1) is 7.11 Å². The predicted octanol–water partition coefficient (Wildman–Crippen LogP) is 4.13. The molecule has 0 aromatic heterocycles. The summed E-state index contributed by atoms with van der Waals surface area (Å²) in [7, 11) is 1.72. The van der Waals surface area contributed by atoms with Crippen LogP contribution >= 0.6 is 0 Å². The molecular formula is C18H20O3. The molecule has 110 valence electrons. The Morgan fingerprint density at radius 2 is 2.19 bits per heavy atom. The number of carbonyl (C=O) groups is 1. The number of rotatable bonds is 5. The first-order valence-electron chi connectivity index (χ1n) is 7.51. The maximum atomic E-state index is 10.7. The number of aryl methyl sites for hydroxylation is 1. The molecule has 0 spiro atoms. The van der Waals surface area contributed by atoms with Crippen LogP contribution in [0.25, 0.3) is 10.8 Å². The summed E-state index contributed by atoms with van der Waals surface area (Å²) in [4.78, 5) is 10.7. The Hall–Kier alpha value is -2.03. The van der Waals surface area contributed by atoms with E-state index in [0.29, 0.717) is 5.92 Å². The molecule has 21 heavy (non-hydrogen) atoms. The second-order valence-electron chi connectivity index (χ2n) is 5.71. The average Bonchev–Trinajstić information content (AvgIpc) is 2.49. The van der Waals surface area contributed by atoms with Gasteiger partial charge in [-0.2, -0.15) is 0 Å². The van der Waals surface area contributed by atoms with Gasteiger partial charge in [0, 0.05) is 12.0 Å². The van der Waals surface area contributed by atoms with Crippen molar-refractivity contribution in [2.24, 2.45) is 0 Å². The van der Waals surface area contributed by atoms with E-state index in [-0.39, 0.29) is 6.42 Å². The third kappa shape index (κ3) is 2.60. The lowest BCUT2D eigenvalue weighted by atomic mass is 9.79. The van der Waals surface area contributed by atoms with Crippen LogP contribution in [0.1, 0.15) is 42.7 Å². The molecule has 0 fully saturated rings. The Balaban J connectivity index is 1.97. The molecule has 3 rings (SSSR count). The zero-order valence-corrected chi connectivity index (χ0v) is 12.3. The summed E-state index contributed by atoms with van der Waals surface area (Å²) in [5, 5.41) is 11.4. The molecule has 0 aliphatic heterocycles. The van der Waals surface area contributed by atoms with Crippen LogP contribution in [0.4, 0.5) is 0 Å². The van der Waals surface area contributed by atoms with Gasteiger partial charge in [-0.05, 0) is 54.0 Å². The Kier molecular flexibility index (Phi) is 3.82. The average molecular weight is 284 g/mol. The lowest BCUT2D eigenvalue weighted by Gasteiger charge is -2.27. The molecule has 2 aromatic rings. The number of aliphatic carboxylic acids is 1. The summed E-state index contributed by atoms with van der Waals surface area (Å²) in [5.41, 5.74) is 2.66. The molecule has 0 saturated carbocycles. The van der Waals surface area contributed by atoms with Crippen LogP contribution in [-0.4, -0.2) is 18.2 Å². The summed E-state index contributed by atoms with van der Waals surface area (Å²) < 4.78 is 5.50. The zero-order chi connectivity index (χ0) is 14.8. The van der Waals surface area contributed by atoms with Gasteiger partial charge in [-0.1, -0.05) is 24.3 Å². The Labute approximate surface area is 124 Å². The van der Waals surface area contributed by atoms with E-state index in [2.05, 4.69) is 24.3 Å². The van der Waals surface area contributed by atoms with Gasteiger partial charge in [0.2, 0.25) is 0 Å². The topological polar surface area (TPSA) is 46.5 Å². The minimum absolute atomic E-state index is 0.261. The minimum atomic E-state index is -0.703. The summed E-state index contributed by atoms with van der Waals surface area (Å²) >= 11 is 0. The maximum absolute atomic E-state index is 10.7. The van der Waals surface area contributed by atoms with Crippen molar-refractivity contribution in [1.82, 2.24) is 0 Å². The number of methoxy groups -OCH3 is 1. The first kappa shape index (κ1) is 13.9. The number of carboxylic acids is 1. The van der Waals surface area contributed by atoms with Crippen molar-refractivity contribution in [2.75, 3.05) is 7.11 Å². The molecule has 3 nitrogen and oxygen atoms in total. The molecule has 2 aromatic carbocycles. The minimum Gasteiger partial charge on any atom is -0.496 e. The van der Waals surface area contributed by atoms with Crippen LogP contribution in [0, 0.1) is 0 Å². The third-order valence-corrected chi connectivity index (χ3v) is 4.49. The molecule has 0 saturated heterocycles. The fourth-order valence-corrected chi connectivity index (χ4v) is 3.52. The highest BCUT2D eigenvalue weighted by atomic mass is 16.5. The Bertz CT molecular complexity index is 675. The zero-order valence-electron chi connectivity index (χ0n) is 12.3. The van der Waals surface area contributed by atoms with Crippen LogP contribution in [0.2, 0.25) is 0 Å². The summed E-state index contributed by atoms with van der Waals surface area (Å²) in [6.07, 6.45) is 4.04. The van der Waals surface area contributed by atoms with E-state index in [0.717, 1.165) is 31.4 Å². The van der Waals surface area contributed by atoms with Gasteiger partial charge in [0.25, 0.3) is 0 Å². The number of hydrogen-bond acceptors (Lipinski definition) is 2. The summed E-state index contributed by atoms with van der Waals surface area (Å²) in [6, 6.07) is 10.6. The van der Waals surface area contributed by atoms with Gasteiger partial charge in [-0.15, -0.1) is 0 Å². The highest BCUT2D eigenvalue weighted by molar-refractivity contribution is 5.92. The van der Waals surface area contributed by atoms with Gasteiger partial charge >= 0.3 is 5.97 Å². The van der Waals surface area contributed by atoms with E-state index in [9.17, 15) is 4.79 Å². The summed E-state index contributed by atoms with van der Waals surface area (Å²) in [6.45, 7) is 0. The van der Waals surface area contributed by atoms with Crippen LogP contribution in [0.3, 0.4) is 0 Å². The lowest BCUT2D eigenvalue weighted by Crippen LogP contribution is -2.10. The van der Waals surface area contributed by atoms with Crippen LogP contribution in [-0.2, 0) is 11.2 Å². The largest absolute Gasteiger partial charge is 0.496 e. The SMILES string of the molecule is COc1ccc2cccc3c2c1CCC3CCCC(=O)O. The molecule has 1 aliphatic carbocycles. The van der Waals surface area contributed by atoms with Gasteiger partial charge in [0.1, 0.15) is 5.75 Å². The van der Waals surface area contributed by atoms with E-state index in [4.69, 9.17) is 9.84 Å². The highest BCUT2D eigenvalue weighted by Gasteiger charge is 2.23. The van der Waals surface area contributed by atoms with E-state index in [1.54, 1.807) is 7.11 Å². The standard InChI is InChI=1S/C18H20O3/c1-21-16-11-9-13-5-2-6-14-12(4-3-7-17(19)20)8-10-15(16)18(13)14/h2,5-6,9,11-12H,3-4,7-8,10H2,1H3,(H,19,20). The van der Waals surface area contributed by atoms with E-state index in [1.165, 1.54) is 21.9 Å². The van der Waals surface area contributed by atoms with Crippen LogP contribution in [0.5, 0.6) is 5.75 Å². The first-order valence-corrected chi connectivity index (χ1v) is 7.51. The lowest BCUT2D eigenvalue weighted by molar-refractivity contribution is -0.137. The molecule has 1 atom stereocenters. The smallest absolute Gasteiger partial charge is 0.303 e. The molecule has 0 heterocycles. The molecule has 1 N–H and O–H groups in total. The van der Waals surface area contributed by atoms with Crippen molar-refractivity contribution in [3.8, 4) is 5.75 Å². The van der Waals surface area contributed by atoms with Gasteiger partial charge in [-0.25, -0.2) is 0 Å². The van der Waals surface area contributed by atoms with Crippen LogP contribution in [0.15, 0.2) is 30.3 Å². The fraction of sp³-hybridized carbons (Fsp3) is 0.389. The van der Waals surface area contributed by atoms with Gasteiger partial charge in [0.15, 0.2) is 0 Å². The summed E-state index contributed by atoms with van der Waals surface area (Å²) in [5.74, 6) is 0.734. The monoisotopic (exact) mass is 284 g/mol. The van der Waals surface area contributed by atoms with E-state index >= 15 is 0 Å². The number of benzene rings is 2. The first-order chi connectivity index (χ1) is 10.2. The fourth-order valence-electron chi connectivity index (χ4n) is 3.52. The second-order valence-corrected chi connectivity index (χ2v) is 5.71. The molecule has 0 radical (unpaired) electrons. The van der Waals surface area contributed by atoms with Crippen molar-refractivity contribution in [3.05, 3.63) is 41.5 Å². The van der Waals surface area contributed by atoms with Gasteiger partial charge in [-0.3, -0.25) is 4.79 Å². The normalized spacial score (nSPS) is 16.9. The predicted molar refractivity (Wildman–Crippen MR) is 83.0 cm³/mol. The molecule has 0 bridgehead atoms. The maximum Gasteiger partial charge on any atom is 0.303 e. The van der Waals surface area contributed by atoms with E-state index < -0.39 is 5.97 Å². The molecular weight excluding hydrogens is 264 g/mol. The molecule has 0 amide bonds.